The van der Waals surface area contributed by atoms with Crippen molar-refractivity contribution in [1.82, 2.24) is 20.4 Å². The van der Waals surface area contributed by atoms with Gasteiger partial charge in [-0.3, -0.25) is 4.79 Å². The fourth-order valence-electron chi connectivity index (χ4n) is 2.44. The van der Waals surface area contributed by atoms with Crippen LogP contribution in [0.2, 0.25) is 0 Å². The number of benzene rings is 1. The highest BCUT2D eigenvalue weighted by Crippen LogP contribution is 2.23. The van der Waals surface area contributed by atoms with E-state index in [0.717, 1.165) is 24.3 Å². The largest absolute Gasteiger partial charge is 0.352 e. The molecule has 1 aromatic heterocycles. The number of hydrogen-bond acceptors (Lipinski definition) is 3. The minimum atomic E-state index is -0.297. The molecular formula is C17H23FN4O. The van der Waals surface area contributed by atoms with E-state index in [0.29, 0.717) is 12.1 Å². The molecule has 0 unspecified atom stereocenters. The monoisotopic (exact) mass is 318 g/mol. The van der Waals surface area contributed by atoms with Crippen molar-refractivity contribution in [3.05, 3.63) is 47.5 Å². The molecule has 0 aliphatic rings. The fourth-order valence-corrected chi connectivity index (χ4v) is 2.44. The normalized spacial score (nSPS) is 11.0. The van der Waals surface area contributed by atoms with Crippen LogP contribution in [0.25, 0.3) is 5.69 Å². The summed E-state index contributed by atoms with van der Waals surface area (Å²) in [6.07, 6.45) is 2.44. The number of carbonyl (C=O) groups excluding carboxylic acids is 1. The van der Waals surface area contributed by atoms with Crippen LogP contribution < -0.4 is 10.6 Å². The van der Waals surface area contributed by atoms with Crippen molar-refractivity contribution in [3.8, 4) is 5.69 Å². The van der Waals surface area contributed by atoms with Gasteiger partial charge in [-0.05, 0) is 50.2 Å². The third-order valence-corrected chi connectivity index (χ3v) is 3.56. The number of hydrogen-bond donors (Lipinski definition) is 2. The van der Waals surface area contributed by atoms with Gasteiger partial charge in [0.1, 0.15) is 5.82 Å². The van der Waals surface area contributed by atoms with E-state index >= 15 is 0 Å². The second kappa shape index (κ2) is 7.87. The average Bonchev–Trinajstić information content (AvgIpc) is 2.97. The molecule has 23 heavy (non-hydrogen) atoms. The molecule has 5 nitrogen and oxygen atoms in total. The van der Waals surface area contributed by atoms with Gasteiger partial charge in [-0.25, -0.2) is 9.07 Å². The van der Waals surface area contributed by atoms with Gasteiger partial charge in [0.2, 0.25) is 0 Å². The molecule has 2 rings (SSSR count). The number of rotatable bonds is 7. The van der Waals surface area contributed by atoms with Gasteiger partial charge in [0.15, 0.2) is 0 Å². The molecule has 124 valence electrons. The molecule has 0 bridgehead atoms. The summed E-state index contributed by atoms with van der Waals surface area (Å²) in [6, 6.07) is 6.09. The summed E-state index contributed by atoms with van der Waals surface area (Å²) >= 11 is 0. The zero-order chi connectivity index (χ0) is 16.8. The highest BCUT2D eigenvalue weighted by atomic mass is 19.1. The SMILES string of the molecule is CNCCCNC(=O)c1cnn(-c2ccc(F)cc2)c1C(C)C. The molecule has 0 saturated heterocycles. The Morgan fingerprint density at radius 3 is 2.57 bits per heavy atom. The third kappa shape index (κ3) is 4.16. The third-order valence-electron chi connectivity index (χ3n) is 3.56. The predicted molar refractivity (Wildman–Crippen MR) is 88.5 cm³/mol. The minimum absolute atomic E-state index is 0.112. The van der Waals surface area contributed by atoms with Crippen molar-refractivity contribution in [1.29, 1.82) is 0 Å². The van der Waals surface area contributed by atoms with Gasteiger partial charge < -0.3 is 10.6 Å². The van der Waals surface area contributed by atoms with Crippen LogP contribution in [0.1, 0.15) is 42.2 Å². The van der Waals surface area contributed by atoms with Crippen molar-refractivity contribution in [2.45, 2.75) is 26.2 Å². The number of aromatic nitrogens is 2. The smallest absolute Gasteiger partial charge is 0.254 e. The predicted octanol–water partition coefficient (Wildman–Crippen LogP) is 2.47. The number of nitrogens with one attached hydrogen (secondary N) is 2. The van der Waals surface area contributed by atoms with E-state index in [1.165, 1.54) is 12.1 Å². The van der Waals surface area contributed by atoms with E-state index in [1.54, 1.807) is 23.0 Å². The van der Waals surface area contributed by atoms with E-state index < -0.39 is 0 Å². The van der Waals surface area contributed by atoms with Crippen molar-refractivity contribution >= 4 is 5.91 Å². The Balaban J connectivity index is 2.24. The second-order valence-electron chi connectivity index (χ2n) is 5.70. The molecular weight excluding hydrogens is 295 g/mol. The van der Waals surface area contributed by atoms with E-state index in [9.17, 15) is 9.18 Å². The lowest BCUT2D eigenvalue weighted by molar-refractivity contribution is 0.0952. The maximum absolute atomic E-state index is 13.1. The highest BCUT2D eigenvalue weighted by Gasteiger charge is 2.20. The van der Waals surface area contributed by atoms with Crippen LogP contribution in [0.3, 0.4) is 0 Å². The Kier molecular flexibility index (Phi) is 5.87. The lowest BCUT2D eigenvalue weighted by Gasteiger charge is -2.13. The van der Waals surface area contributed by atoms with Crippen LogP contribution in [0, 0.1) is 5.82 Å². The second-order valence-corrected chi connectivity index (χ2v) is 5.70. The van der Waals surface area contributed by atoms with Gasteiger partial charge in [0, 0.05) is 6.54 Å². The van der Waals surface area contributed by atoms with Crippen LogP contribution in [0.4, 0.5) is 4.39 Å². The quantitative estimate of drug-likeness (QED) is 0.771. The van der Waals surface area contributed by atoms with Crippen LogP contribution >= 0.6 is 0 Å². The average molecular weight is 318 g/mol. The molecule has 0 fully saturated rings. The molecule has 1 amide bonds. The Labute approximate surface area is 135 Å². The molecule has 0 atom stereocenters. The number of carbonyl (C=O) groups is 1. The van der Waals surface area contributed by atoms with Crippen LogP contribution in [0.5, 0.6) is 0 Å². The highest BCUT2D eigenvalue weighted by molar-refractivity contribution is 5.95. The van der Waals surface area contributed by atoms with Gasteiger partial charge >= 0.3 is 0 Å². The molecule has 0 spiro atoms. The topological polar surface area (TPSA) is 58.9 Å². The summed E-state index contributed by atoms with van der Waals surface area (Å²) in [7, 11) is 1.88. The Morgan fingerprint density at radius 1 is 1.26 bits per heavy atom. The lowest BCUT2D eigenvalue weighted by atomic mass is 10.0. The molecule has 1 aromatic carbocycles. The van der Waals surface area contributed by atoms with Gasteiger partial charge in [-0.1, -0.05) is 13.8 Å². The first kappa shape index (κ1) is 17.1. The molecule has 1 heterocycles. The summed E-state index contributed by atoms with van der Waals surface area (Å²) in [5.41, 5.74) is 2.13. The van der Waals surface area contributed by atoms with Crippen molar-refractivity contribution < 1.29 is 9.18 Å². The Bertz CT molecular complexity index is 649. The van der Waals surface area contributed by atoms with Gasteiger partial charge in [-0.2, -0.15) is 5.10 Å². The van der Waals surface area contributed by atoms with Gasteiger partial charge in [0.25, 0.3) is 5.91 Å². The first-order valence-corrected chi connectivity index (χ1v) is 7.81. The van der Waals surface area contributed by atoms with Gasteiger partial charge in [0.05, 0.1) is 23.1 Å². The molecule has 0 radical (unpaired) electrons. The standard InChI is InChI=1S/C17H23FN4O/c1-12(2)16-15(17(23)20-10-4-9-19-3)11-21-22(16)14-7-5-13(18)6-8-14/h5-8,11-12,19H,4,9-10H2,1-3H3,(H,20,23). The van der Waals surface area contributed by atoms with E-state index in [2.05, 4.69) is 15.7 Å². The molecule has 2 N–H and O–H groups in total. The summed E-state index contributed by atoms with van der Waals surface area (Å²) in [5.74, 6) is -0.312. The number of halogens is 1. The number of amides is 1. The van der Waals surface area contributed by atoms with E-state index in [-0.39, 0.29) is 17.6 Å². The van der Waals surface area contributed by atoms with Crippen LogP contribution in [-0.4, -0.2) is 35.8 Å². The minimum Gasteiger partial charge on any atom is -0.352 e. The fraction of sp³-hybridized carbons (Fsp3) is 0.412. The first-order valence-electron chi connectivity index (χ1n) is 7.81. The van der Waals surface area contributed by atoms with Crippen molar-refractivity contribution in [2.75, 3.05) is 20.1 Å². The molecule has 0 aliphatic heterocycles. The van der Waals surface area contributed by atoms with Gasteiger partial charge in [-0.15, -0.1) is 0 Å². The molecule has 0 saturated carbocycles. The van der Waals surface area contributed by atoms with Crippen molar-refractivity contribution in [2.24, 2.45) is 0 Å². The summed E-state index contributed by atoms with van der Waals surface area (Å²) in [4.78, 5) is 12.4. The maximum Gasteiger partial charge on any atom is 0.254 e. The first-order chi connectivity index (χ1) is 11.0. The number of nitrogens with zero attached hydrogens (tertiary/aromatic N) is 2. The zero-order valence-corrected chi connectivity index (χ0v) is 13.8. The molecule has 6 heteroatoms. The summed E-state index contributed by atoms with van der Waals surface area (Å²) < 4.78 is 14.8. The molecule has 2 aromatic rings. The molecule has 0 aliphatic carbocycles. The van der Waals surface area contributed by atoms with Crippen molar-refractivity contribution in [3.63, 3.8) is 0 Å². The van der Waals surface area contributed by atoms with E-state index in [1.807, 2.05) is 20.9 Å². The summed E-state index contributed by atoms with van der Waals surface area (Å²) in [6.45, 7) is 5.48. The summed E-state index contributed by atoms with van der Waals surface area (Å²) in [5, 5.41) is 10.3. The zero-order valence-electron chi connectivity index (χ0n) is 13.8. The Morgan fingerprint density at radius 2 is 1.96 bits per heavy atom. The maximum atomic E-state index is 13.1. The van der Waals surface area contributed by atoms with Crippen LogP contribution in [0.15, 0.2) is 30.5 Å². The Hall–Kier alpha value is -2.21. The lowest BCUT2D eigenvalue weighted by Crippen LogP contribution is -2.27. The van der Waals surface area contributed by atoms with E-state index in [4.69, 9.17) is 0 Å². The van der Waals surface area contributed by atoms with Crippen LogP contribution in [-0.2, 0) is 0 Å².